The van der Waals surface area contributed by atoms with E-state index in [1.807, 2.05) is 6.92 Å². The number of anilines is 1. The average Bonchev–Trinajstić information content (AvgIpc) is 3.17. The second kappa shape index (κ2) is 7.27. The third kappa shape index (κ3) is 3.14. The highest BCUT2D eigenvalue weighted by Gasteiger charge is 2.44. The van der Waals surface area contributed by atoms with Crippen LogP contribution in [0.15, 0.2) is 12.7 Å². The van der Waals surface area contributed by atoms with Gasteiger partial charge < -0.3 is 30.7 Å². The first-order valence-electron chi connectivity index (χ1n) is 7.86. The summed E-state index contributed by atoms with van der Waals surface area (Å²) in [7, 11) is 0. The lowest BCUT2D eigenvalue weighted by atomic mass is 10.1. The maximum atomic E-state index is 10.6. The lowest BCUT2D eigenvalue weighted by Gasteiger charge is -2.18. The van der Waals surface area contributed by atoms with E-state index in [2.05, 4.69) is 25.6 Å². The second-order valence-corrected chi connectivity index (χ2v) is 5.66. The van der Waals surface area contributed by atoms with Crippen molar-refractivity contribution >= 4 is 23.4 Å². The molecule has 1 saturated heterocycles. The van der Waals surface area contributed by atoms with Crippen molar-refractivity contribution in [1.29, 1.82) is 0 Å². The summed E-state index contributed by atoms with van der Waals surface area (Å²) in [6, 6.07) is 0. The van der Waals surface area contributed by atoms with E-state index in [1.54, 1.807) is 0 Å². The molecule has 136 valence electrons. The van der Waals surface area contributed by atoms with E-state index in [0.29, 0.717) is 29.8 Å². The molecule has 0 aliphatic carbocycles. The summed E-state index contributed by atoms with van der Waals surface area (Å²) in [5, 5.41) is 35.0. The summed E-state index contributed by atoms with van der Waals surface area (Å²) in [5.41, 5.74) is 0.805. The van der Waals surface area contributed by atoms with Gasteiger partial charge in [0.15, 0.2) is 23.2 Å². The summed E-state index contributed by atoms with van der Waals surface area (Å²) in [5.74, 6) is 0.414. The Balaban J connectivity index is 1.92. The number of nitrogens with one attached hydrogen (secondary N) is 2. The van der Waals surface area contributed by atoms with Crippen molar-refractivity contribution in [3.8, 4) is 0 Å². The van der Waals surface area contributed by atoms with E-state index < -0.39 is 31.1 Å². The molecule has 0 radical (unpaired) electrons. The zero-order chi connectivity index (χ0) is 18.0. The molecule has 0 spiro atoms. The van der Waals surface area contributed by atoms with Gasteiger partial charge in [0.05, 0.1) is 19.1 Å². The average molecular weight is 352 g/mol. The van der Waals surface area contributed by atoms with Crippen LogP contribution in [0.4, 0.5) is 5.82 Å². The van der Waals surface area contributed by atoms with E-state index in [4.69, 9.17) is 4.74 Å². The fourth-order valence-corrected chi connectivity index (χ4v) is 2.76. The first-order valence-corrected chi connectivity index (χ1v) is 7.86. The minimum Gasteiger partial charge on any atom is -0.394 e. The minimum absolute atomic E-state index is 0.324. The van der Waals surface area contributed by atoms with Crippen molar-refractivity contribution in [2.24, 2.45) is 0 Å². The highest BCUT2D eigenvalue weighted by Crippen LogP contribution is 2.32. The number of amides is 1. The zero-order valence-corrected chi connectivity index (χ0v) is 13.5. The quantitative estimate of drug-likeness (QED) is 0.290. The van der Waals surface area contributed by atoms with E-state index in [0.717, 1.165) is 0 Å². The Kier molecular flexibility index (Phi) is 5.08. The number of carbonyl (C=O) groups is 1. The van der Waals surface area contributed by atoms with E-state index in [1.165, 1.54) is 17.2 Å². The number of aliphatic hydroxyl groups is 3. The second-order valence-electron chi connectivity index (χ2n) is 5.66. The third-order valence-corrected chi connectivity index (χ3v) is 4.14. The van der Waals surface area contributed by atoms with Crippen molar-refractivity contribution in [1.82, 2.24) is 24.8 Å². The number of nitrogens with zero attached hydrogens (tertiary/aromatic N) is 4. The van der Waals surface area contributed by atoms with Crippen LogP contribution in [0, 0.1) is 0 Å². The molecule has 0 bridgehead atoms. The van der Waals surface area contributed by atoms with Crippen LogP contribution in [-0.2, 0) is 9.53 Å². The maximum Gasteiger partial charge on any atom is 0.208 e. The summed E-state index contributed by atoms with van der Waals surface area (Å²) < 4.78 is 6.97. The molecule has 0 saturated carbocycles. The van der Waals surface area contributed by atoms with Gasteiger partial charge in [0, 0.05) is 0 Å². The van der Waals surface area contributed by atoms with Gasteiger partial charge in [0.25, 0.3) is 0 Å². The first-order chi connectivity index (χ1) is 12.1. The van der Waals surface area contributed by atoms with Crippen LogP contribution >= 0.6 is 0 Å². The fourth-order valence-electron chi connectivity index (χ4n) is 2.76. The molecule has 3 heterocycles. The number of hydrogen-bond acceptors (Lipinski definition) is 9. The molecule has 1 aliphatic heterocycles. The van der Waals surface area contributed by atoms with Crippen LogP contribution < -0.4 is 10.6 Å². The number of rotatable bonds is 7. The Morgan fingerprint density at radius 1 is 1.36 bits per heavy atom. The Hall–Kier alpha value is -2.34. The van der Waals surface area contributed by atoms with Crippen molar-refractivity contribution in [2.75, 3.05) is 11.9 Å². The van der Waals surface area contributed by atoms with Gasteiger partial charge in [0.1, 0.15) is 24.6 Å². The van der Waals surface area contributed by atoms with Gasteiger partial charge in [-0.3, -0.25) is 9.36 Å². The molecular weight excluding hydrogens is 332 g/mol. The molecule has 2 aromatic heterocycles. The van der Waals surface area contributed by atoms with Crippen molar-refractivity contribution in [3.63, 3.8) is 0 Å². The summed E-state index contributed by atoms with van der Waals surface area (Å²) in [6.07, 6.45) is -0.648. The van der Waals surface area contributed by atoms with Gasteiger partial charge in [-0.15, -0.1) is 0 Å². The highest BCUT2D eigenvalue weighted by atomic mass is 16.6. The smallest absolute Gasteiger partial charge is 0.208 e. The van der Waals surface area contributed by atoms with Crippen LogP contribution in [0.25, 0.3) is 11.2 Å². The van der Waals surface area contributed by atoms with Crippen molar-refractivity contribution in [2.45, 2.75) is 44.1 Å². The van der Waals surface area contributed by atoms with Gasteiger partial charge in [-0.1, -0.05) is 6.92 Å². The summed E-state index contributed by atoms with van der Waals surface area (Å²) in [6.45, 7) is 1.48. The van der Waals surface area contributed by atoms with Gasteiger partial charge in [-0.2, -0.15) is 0 Å². The topological polar surface area (TPSA) is 155 Å². The number of aliphatic hydroxyl groups excluding tert-OH is 3. The molecule has 25 heavy (non-hydrogen) atoms. The molecule has 3 rings (SSSR count). The number of ether oxygens (including phenoxy) is 1. The summed E-state index contributed by atoms with van der Waals surface area (Å²) in [4.78, 5) is 23.2. The molecule has 3 unspecified atom stereocenters. The normalized spacial score (nSPS) is 27.4. The molecular formula is C14H20N6O5. The fraction of sp³-hybridized carbons (Fsp3) is 0.571. The number of hydrogen-bond donors (Lipinski definition) is 5. The molecule has 5 atom stereocenters. The Morgan fingerprint density at radius 2 is 2.16 bits per heavy atom. The molecule has 0 aromatic carbocycles. The molecule has 1 amide bonds. The van der Waals surface area contributed by atoms with Gasteiger partial charge >= 0.3 is 0 Å². The number of carbonyl (C=O) groups excluding carboxylic acids is 1. The molecule has 11 nitrogen and oxygen atoms in total. The number of fused-ring (bicyclic) bond motifs is 1. The lowest BCUT2D eigenvalue weighted by Crippen LogP contribution is -2.35. The van der Waals surface area contributed by atoms with E-state index >= 15 is 0 Å². The molecule has 1 aliphatic rings. The van der Waals surface area contributed by atoms with Crippen LogP contribution in [0.1, 0.15) is 19.6 Å². The van der Waals surface area contributed by atoms with Crippen LogP contribution in [-0.4, -0.2) is 72.3 Å². The van der Waals surface area contributed by atoms with E-state index in [-0.39, 0.29) is 6.17 Å². The predicted octanol–water partition coefficient (Wildman–Crippen LogP) is -1.67. The summed E-state index contributed by atoms with van der Waals surface area (Å²) >= 11 is 0. The van der Waals surface area contributed by atoms with Gasteiger partial charge in [0.2, 0.25) is 6.41 Å². The SMILES string of the molecule is CCC(NC=O)Nc1ncnc2c1ncn2[C@@H]1O[C@H](CO)C(O)C1O. The van der Waals surface area contributed by atoms with Crippen LogP contribution in [0.3, 0.4) is 0 Å². The molecule has 5 N–H and O–H groups in total. The van der Waals surface area contributed by atoms with Crippen LogP contribution in [0.2, 0.25) is 0 Å². The highest BCUT2D eigenvalue weighted by molar-refractivity contribution is 5.82. The van der Waals surface area contributed by atoms with Crippen molar-refractivity contribution < 1.29 is 24.9 Å². The van der Waals surface area contributed by atoms with Crippen molar-refractivity contribution in [3.05, 3.63) is 12.7 Å². The van der Waals surface area contributed by atoms with E-state index in [9.17, 15) is 20.1 Å². The van der Waals surface area contributed by atoms with Gasteiger partial charge in [-0.25, -0.2) is 15.0 Å². The zero-order valence-electron chi connectivity index (χ0n) is 13.5. The Morgan fingerprint density at radius 3 is 2.80 bits per heavy atom. The predicted molar refractivity (Wildman–Crippen MR) is 85.2 cm³/mol. The Labute approximate surface area is 142 Å². The Bertz CT molecular complexity index is 740. The van der Waals surface area contributed by atoms with Crippen LogP contribution in [0.5, 0.6) is 0 Å². The largest absolute Gasteiger partial charge is 0.394 e. The first kappa shape index (κ1) is 17.5. The lowest BCUT2D eigenvalue weighted by molar-refractivity contribution is -0.110. The third-order valence-electron chi connectivity index (χ3n) is 4.14. The molecule has 2 aromatic rings. The molecule has 11 heteroatoms. The minimum atomic E-state index is -1.24. The monoisotopic (exact) mass is 352 g/mol. The number of aromatic nitrogens is 4. The standard InChI is InChI=1S/C14H20N6O5/c1-2-8(18-6-22)19-12-9-13(16-4-15-12)20(5-17-9)14-11(24)10(23)7(3-21)25-14/h4-8,10-11,14,21,23-24H,2-3H2,1H3,(H,18,22)(H,15,16,19)/t7-,8?,10?,11?,14-/m1/s1. The molecule has 1 fully saturated rings. The number of imidazole rings is 1. The van der Waals surface area contributed by atoms with Gasteiger partial charge in [-0.05, 0) is 6.42 Å². The maximum absolute atomic E-state index is 10.6.